The van der Waals surface area contributed by atoms with Gasteiger partial charge in [0.05, 0.1) is 0 Å². The first kappa shape index (κ1) is 35.5. The summed E-state index contributed by atoms with van der Waals surface area (Å²) < 4.78 is 0. The molecule has 0 bridgehead atoms. The van der Waals surface area contributed by atoms with Crippen molar-refractivity contribution in [2.45, 2.75) is 117 Å². The summed E-state index contributed by atoms with van der Waals surface area (Å²) in [6, 6.07) is -0.279. The molecule has 4 aliphatic carbocycles. The van der Waals surface area contributed by atoms with Gasteiger partial charge in [0.1, 0.15) is 11.8 Å². The van der Waals surface area contributed by atoms with Crippen LogP contribution in [0, 0.1) is 40.4 Å². The number of carbonyl (C=O) groups excluding carboxylic acids is 1. The monoisotopic (exact) mass is 594 g/mol. The Bertz CT molecular complexity index is 980. The molecule has 4 saturated carbocycles. The molecule has 11 heteroatoms. The predicted molar refractivity (Wildman–Crippen MR) is 161 cm³/mol. The van der Waals surface area contributed by atoms with E-state index in [-0.39, 0.29) is 23.3 Å². The molecule has 4 aliphatic rings. The third kappa shape index (κ3) is 8.91. The second kappa shape index (κ2) is 15.2. The van der Waals surface area contributed by atoms with E-state index in [0.717, 1.165) is 44.9 Å². The van der Waals surface area contributed by atoms with Crippen LogP contribution in [0.5, 0.6) is 0 Å². The molecule has 4 fully saturated rings. The fourth-order valence-corrected chi connectivity index (χ4v) is 9.14. The highest BCUT2D eigenvalue weighted by atomic mass is 16.4. The number of fused-ring (bicyclic) bond motifs is 5. The number of carboxylic acids is 3. The molecule has 9 atom stereocenters. The van der Waals surface area contributed by atoms with E-state index in [0.29, 0.717) is 42.4 Å². The van der Waals surface area contributed by atoms with E-state index in [2.05, 4.69) is 24.2 Å². The number of aliphatic carboxylic acids is 3. The third-order valence-electron chi connectivity index (χ3n) is 10.8. The molecular formula is C31H54N4O7. The van der Waals surface area contributed by atoms with Crippen LogP contribution in [-0.2, 0) is 19.2 Å². The predicted octanol–water partition coefficient (Wildman–Crippen LogP) is 3.88. The molecule has 0 aromatic carbocycles. The standard InChI is InChI=1S/C27H46N4O3.2C2H4O2/c1-16(32)20-8-9-21-19-7-6-17-15-18(31-23(24(33)34)5-4-14-30-25(28)29)10-12-26(17,2)22(19)11-13-27(20,21)3;2*1-2(3)4/h17-23,31H,4-15H2,1-3H3,(H,33,34)(H4,28,29,30);2*1H3,(H,3,4)/t17-,18-,19+,20-,21+,22+,23+,26+,27-;;/m1../s1. The molecular weight excluding hydrogens is 540 g/mol. The number of carboxylic acid groups (broad SMARTS) is 3. The van der Waals surface area contributed by atoms with Crippen LogP contribution in [-0.4, -0.2) is 63.6 Å². The lowest BCUT2D eigenvalue weighted by atomic mass is 9.44. The lowest BCUT2D eigenvalue weighted by Crippen LogP contribution is -2.56. The minimum absolute atomic E-state index is 0.0550. The van der Waals surface area contributed by atoms with E-state index in [1.165, 1.54) is 38.5 Å². The summed E-state index contributed by atoms with van der Waals surface area (Å²) in [6.45, 7) is 9.39. The van der Waals surface area contributed by atoms with Gasteiger partial charge in [-0.15, -0.1) is 0 Å². The number of nitrogens with one attached hydrogen (secondary N) is 1. The summed E-state index contributed by atoms with van der Waals surface area (Å²) in [6.07, 6.45) is 11.8. The Morgan fingerprint density at radius 3 is 1.98 bits per heavy atom. The van der Waals surface area contributed by atoms with Gasteiger partial charge in [-0.2, -0.15) is 0 Å². The van der Waals surface area contributed by atoms with Crippen LogP contribution >= 0.6 is 0 Å². The van der Waals surface area contributed by atoms with Gasteiger partial charge in [-0.3, -0.25) is 24.2 Å². The molecule has 0 aromatic rings. The molecule has 0 amide bonds. The number of Topliss-reactive ketones (excluding diaryl/α,β-unsaturated/α-hetero) is 1. The van der Waals surface area contributed by atoms with Crippen molar-refractivity contribution in [3.63, 3.8) is 0 Å². The van der Waals surface area contributed by atoms with Crippen molar-refractivity contribution in [1.82, 2.24) is 5.32 Å². The Morgan fingerprint density at radius 2 is 1.43 bits per heavy atom. The molecule has 8 N–H and O–H groups in total. The van der Waals surface area contributed by atoms with Gasteiger partial charge in [0.25, 0.3) is 11.9 Å². The van der Waals surface area contributed by atoms with Crippen molar-refractivity contribution in [1.29, 1.82) is 0 Å². The third-order valence-corrected chi connectivity index (χ3v) is 10.8. The molecule has 0 aliphatic heterocycles. The van der Waals surface area contributed by atoms with Crippen LogP contribution in [0.4, 0.5) is 0 Å². The summed E-state index contributed by atoms with van der Waals surface area (Å²) in [5, 5.41) is 28.1. The van der Waals surface area contributed by atoms with E-state index >= 15 is 0 Å². The zero-order valence-corrected chi connectivity index (χ0v) is 26.1. The number of carbonyl (C=O) groups is 4. The lowest BCUT2D eigenvalue weighted by Gasteiger charge is -2.61. The SMILES string of the molecule is CC(=O)O.CC(=O)O.CC(=O)[C@H]1CC[C@H]2[C@@H]3CC[C@@H]4C[C@H](N[C@@H](CCCN=C(N)N)C(=O)O)CC[C@]4(C)[C@H]3CC[C@]12C. The van der Waals surface area contributed by atoms with E-state index in [9.17, 15) is 14.7 Å². The zero-order valence-electron chi connectivity index (χ0n) is 26.1. The number of nitrogens with zero attached hydrogens (tertiary/aromatic N) is 1. The maximum absolute atomic E-state index is 12.4. The number of ketones is 1. The maximum atomic E-state index is 12.4. The van der Waals surface area contributed by atoms with Gasteiger partial charge in [-0.1, -0.05) is 13.8 Å². The number of hydrogen-bond donors (Lipinski definition) is 6. The molecule has 11 nitrogen and oxygen atoms in total. The van der Waals surface area contributed by atoms with Crippen molar-refractivity contribution in [3.8, 4) is 0 Å². The minimum atomic E-state index is -0.833. The fourth-order valence-electron chi connectivity index (χ4n) is 9.14. The van der Waals surface area contributed by atoms with E-state index in [4.69, 9.17) is 31.3 Å². The Balaban J connectivity index is 0.000000686. The second-order valence-electron chi connectivity index (χ2n) is 13.5. The van der Waals surface area contributed by atoms with E-state index in [1.807, 2.05) is 6.92 Å². The summed E-state index contributed by atoms with van der Waals surface area (Å²) in [7, 11) is 0. The zero-order chi connectivity index (χ0) is 31.8. The minimum Gasteiger partial charge on any atom is -0.481 e. The smallest absolute Gasteiger partial charge is 0.320 e. The average molecular weight is 595 g/mol. The van der Waals surface area contributed by atoms with Crippen LogP contribution in [0.1, 0.15) is 105 Å². The highest BCUT2D eigenvalue weighted by Crippen LogP contribution is 2.67. The molecule has 240 valence electrons. The van der Waals surface area contributed by atoms with Gasteiger partial charge in [-0.05, 0) is 112 Å². The van der Waals surface area contributed by atoms with Crippen LogP contribution in [0.25, 0.3) is 0 Å². The number of nitrogens with two attached hydrogens (primary N) is 2. The summed E-state index contributed by atoms with van der Waals surface area (Å²) in [4.78, 5) is 46.2. The fraction of sp³-hybridized carbons (Fsp3) is 0.839. The van der Waals surface area contributed by atoms with Gasteiger partial charge in [0, 0.05) is 32.4 Å². The summed E-state index contributed by atoms with van der Waals surface area (Å²) >= 11 is 0. The molecule has 4 rings (SSSR count). The Morgan fingerprint density at radius 1 is 0.857 bits per heavy atom. The lowest BCUT2D eigenvalue weighted by molar-refractivity contribution is -0.141. The molecule has 0 saturated heterocycles. The maximum Gasteiger partial charge on any atom is 0.320 e. The highest BCUT2D eigenvalue weighted by molar-refractivity contribution is 5.79. The first-order valence-electron chi connectivity index (χ1n) is 15.5. The van der Waals surface area contributed by atoms with Crippen molar-refractivity contribution >= 4 is 29.7 Å². The molecule has 42 heavy (non-hydrogen) atoms. The first-order valence-corrected chi connectivity index (χ1v) is 15.5. The average Bonchev–Trinajstić information content (AvgIpc) is 3.22. The largest absolute Gasteiger partial charge is 0.481 e. The van der Waals surface area contributed by atoms with Crippen LogP contribution in [0.15, 0.2) is 4.99 Å². The van der Waals surface area contributed by atoms with Gasteiger partial charge < -0.3 is 32.1 Å². The Labute approximate surface area is 250 Å². The molecule has 0 radical (unpaired) electrons. The van der Waals surface area contributed by atoms with E-state index < -0.39 is 23.9 Å². The van der Waals surface area contributed by atoms with Gasteiger partial charge in [0.15, 0.2) is 5.96 Å². The van der Waals surface area contributed by atoms with Crippen molar-refractivity contribution in [2.24, 2.45) is 56.9 Å². The van der Waals surface area contributed by atoms with Gasteiger partial charge >= 0.3 is 5.97 Å². The van der Waals surface area contributed by atoms with Crippen LogP contribution in [0.2, 0.25) is 0 Å². The first-order chi connectivity index (χ1) is 19.5. The quantitative estimate of drug-likeness (QED) is 0.136. The molecule has 0 spiro atoms. The summed E-state index contributed by atoms with van der Waals surface area (Å²) in [5.74, 6) is 1.15. The second-order valence-corrected chi connectivity index (χ2v) is 13.5. The Hall–Kier alpha value is -2.69. The van der Waals surface area contributed by atoms with Crippen molar-refractivity contribution in [2.75, 3.05) is 6.54 Å². The van der Waals surface area contributed by atoms with E-state index in [1.54, 1.807) is 0 Å². The molecule has 0 aromatic heterocycles. The Kier molecular flexibility index (Phi) is 12.8. The van der Waals surface area contributed by atoms with Crippen molar-refractivity contribution < 1.29 is 34.5 Å². The number of rotatable bonds is 8. The number of guanidine groups is 1. The van der Waals surface area contributed by atoms with Crippen LogP contribution in [0.3, 0.4) is 0 Å². The number of hydrogen-bond acceptors (Lipinski definition) is 6. The van der Waals surface area contributed by atoms with Crippen LogP contribution < -0.4 is 16.8 Å². The molecule has 0 heterocycles. The number of aliphatic imine (C=N–C) groups is 1. The van der Waals surface area contributed by atoms with Gasteiger partial charge in [0.2, 0.25) is 0 Å². The molecule has 0 unspecified atom stereocenters. The summed E-state index contributed by atoms with van der Waals surface area (Å²) in [5.41, 5.74) is 11.3. The van der Waals surface area contributed by atoms with Gasteiger partial charge in [-0.25, -0.2) is 0 Å². The highest BCUT2D eigenvalue weighted by Gasteiger charge is 2.60. The van der Waals surface area contributed by atoms with Crippen molar-refractivity contribution in [3.05, 3.63) is 0 Å². The topological polar surface area (TPSA) is 205 Å². The normalized spacial score (nSPS) is 35.3.